The molecule has 1 atom stereocenters. The van der Waals surface area contributed by atoms with Crippen LogP contribution in [-0.2, 0) is 0 Å². The minimum atomic E-state index is -0.566. The van der Waals surface area contributed by atoms with E-state index in [4.69, 9.17) is 11.6 Å². The number of nitrogens with one attached hydrogen (secondary N) is 2. The zero-order valence-corrected chi connectivity index (χ0v) is 12.0. The van der Waals surface area contributed by atoms with Gasteiger partial charge in [0.15, 0.2) is 0 Å². The molecular weight excluding hydrogens is 290 g/mol. The summed E-state index contributed by atoms with van der Waals surface area (Å²) in [5.74, 6) is -0.441. The Labute approximate surface area is 123 Å². The molecule has 106 valence electrons. The zero-order chi connectivity index (χ0) is 13.0. The predicted molar refractivity (Wildman–Crippen MR) is 76.6 cm³/mol. The van der Waals surface area contributed by atoms with Crippen LogP contribution in [0.2, 0.25) is 5.02 Å². The summed E-state index contributed by atoms with van der Waals surface area (Å²) in [5.41, 5.74) is 0.195. The van der Waals surface area contributed by atoms with Crippen LogP contribution in [0, 0.1) is 11.7 Å². The van der Waals surface area contributed by atoms with Crippen LogP contribution in [0.15, 0.2) is 18.2 Å². The molecule has 1 saturated heterocycles. The van der Waals surface area contributed by atoms with Gasteiger partial charge in [-0.25, -0.2) is 4.39 Å². The lowest BCUT2D eigenvalue weighted by Gasteiger charge is -2.22. The largest absolute Gasteiger partial charge is 0.352 e. The molecule has 0 radical (unpaired) electrons. The van der Waals surface area contributed by atoms with Gasteiger partial charge in [0.25, 0.3) is 5.91 Å². The summed E-state index contributed by atoms with van der Waals surface area (Å²) in [7, 11) is 0. The molecule has 1 aromatic carbocycles. The molecule has 1 unspecified atom stereocenters. The maximum absolute atomic E-state index is 13.2. The molecule has 1 amide bonds. The summed E-state index contributed by atoms with van der Waals surface area (Å²) in [6.45, 7) is 2.55. The number of halogens is 3. The minimum Gasteiger partial charge on any atom is -0.352 e. The normalized spacial score (nSPS) is 18.5. The van der Waals surface area contributed by atoms with E-state index in [-0.39, 0.29) is 28.9 Å². The third kappa shape index (κ3) is 4.34. The van der Waals surface area contributed by atoms with Crippen molar-refractivity contribution >= 4 is 29.9 Å². The van der Waals surface area contributed by atoms with Crippen molar-refractivity contribution in [3.8, 4) is 0 Å². The number of benzene rings is 1. The van der Waals surface area contributed by atoms with Crippen LogP contribution < -0.4 is 10.6 Å². The van der Waals surface area contributed by atoms with E-state index in [1.54, 1.807) is 0 Å². The molecule has 0 saturated carbocycles. The summed E-state index contributed by atoms with van der Waals surface area (Å²) < 4.78 is 13.2. The lowest BCUT2D eigenvalue weighted by atomic mass is 9.99. The van der Waals surface area contributed by atoms with Crippen LogP contribution in [0.3, 0.4) is 0 Å². The van der Waals surface area contributed by atoms with Crippen LogP contribution in [0.4, 0.5) is 4.39 Å². The van der Waals surface area contributed by atoms with E-state index in [9.17, 15) is 9.18 Å². The van der Waals surface area contributed by atoms with Gasteiger partial charge in [-0.15, -0.1) is 12.4 Å². The Morgan fingerprint density at radius 2 is 2.32 bits per heavy atom. The van der Waals surface area contributed by atoms with Gasteiger partial charge < -0.3 is 10.6 Å². The van der Waals surface area contributed by atoms with Gasteiger partial charge in [-0.1, -0.05) is 17.7 Å². The van der Waals surface area contributed by atoms with Crippen molar-refractivity contribution in [2.75, 3.05) is 19.6 Å². The van der Waals surface area contributed by atoms with Crippen molar-refractivity contribution in [2.24, 2.45) is 5.92 Å². The Bertz CT molecular complexity index is 437. The number of hydrogen-bond acceptors (Lipinski definition) is 2. The maximum atomic E-state index is 13.2. The number of rotatable bonds is 3. The van der Waals surface area contributed by atoms with E-state index in [0.29, 0.717) is 12.5 Å². The topological polar surface area (TPSA) is 41.1 Å². The van der Waals surface area contributed by atoms with E-state index < -0.39 is 5.82 Å². The molecule has 1 aliphatic rings. The molecule has 19 heavy (non-hydrogen) atoms. The lowest BCUT2D eigenvalue weighted by Crippen LogP contribution is -2.38. The molecule has 0 bridgehead atoms. The summed E-state index contributed by atoms with van der Waals surface area (Å²) in [5, 5.41) is 5.97. The minimum absolute atomic E-state index is 0. The van der Waals surface area contributed by atoms with Gasteiger partial charge in [0.1, 0.15) is 5.82 Å². The number of piperidine rings is 1. The number of amides is 1. The van der Waals surface area contributed by atoms with Crippen molar-refractivity contribution in [3.05, 3.63) is 34.6 Å². The van der Waals surface area contributed by atoms with Crippen molar-refractivity contribution in [1.29, 1.82) is 0 Å². The molecule has 0 aromatic heterocycles. The van der Waals surface area contributed by atoms with Crippen LogP contribution in [-0.4, -0.2) is 25.5 Å². The highest BCUT2D eigenvalue weighted by Gasteiger charge is 2.16. The van der Waals surface area contributed by atoms with Crippen LogP contribution in [0.25, 0.3) is 0 Å². The van der Waals surface area contributed by atoms with Crippen LogP contribution >= 0.6 is 24.0 Å². The van der Waals surface area contributed by atoms with Gasteiger partial charge in [0.05, 0.1) is 10.6 Å². The highest BCUT2D eigenvalue weighted by Crippen LogP contribution is 2.19. The van der Waals surface area contributed by atoms with Gasteiger partial charge in [-0.3, -0.25) is 4.79 Å². The monoisotopic (exact) mass is 306 g/mol. The van der Waals surface area contributed by atoms with Crippen LogP contribution in [0.1, 0.15) is 23.2 Å². The fourth-order valence-electron chi connectivity index (χ4n) is 2.11. The molecule has 6 heteroatoms. The van der Waals surface area contributed by atoms with E-state index in [1.165, 1.54) is 18.2 Å². The number of hydrogen-bond donors (Lipinski definition) is 2. The Morgan fingerprint density at radius 1 is 1.53 bits per heavy atom. The van der Waals surface area contributed by atoms with Crippen molar-refractivity contribution < 1.29 is 9.18 Å². The molecule has 1 heterocycles. The maximum Gasteiger partial charge on any atom is 0.252 e. The standard InChI is InChI=1S/C13H16ClFN2O.ClH/c14-12-10(4-1-5-11(12)15)13(18)17-8-9-3-2-6-16-7-9;/h1,4-5,9,16H,2-3,6-8H2,(H,17,18);1H. The van der Waals surface area contributed by atoms with Gasteiger partial charge in [0.2, 0.25) is 0 Å². The average Bonchev–Trinajstić information content (AvgIpc) is 2.40. The Hall–Kier alpha value is -0.840. The lowest BCUT2D eigenvalue weighted by molar-refractivity contribution is 0.0944. The third-order valence-corrected chi connectivity index (χ3v) is 3.53. The quantitative estimate of drug-likeness (QED) is 0.901. The summed E-state index contributed by atoms with van der Waals surface area (Å²) >= 11 is 5.76. The average molecular weight is 307 g/mol. The molecule has 1 aromatic rings. The SMILES string of the molecule is Cl.O=C(NCC1CCCNC1)c1cccc(F)c1Cl. The second-order valence-corrected chi connectivity index (χ2v) is 4.90. The van der Waals surface area contributed by atoms with Gasteiger partial charge >= 0.3 is 0 Å². The second-order valence-electron chi connectivity index (χ2n) is 4.52. The molecular formula is C13H17Cl2FN2O. The Balaban J connectivity index is 0.00000180. The Morgan fingerprint density at radius 3 is 3.00 bits per heavy atom. The number of carbonyl (C=O) groups is 1. The van der Waals surface area contributed by atoms with E-state index >= 15 is 0 Å². The first-order valence-corrected chi connectivity index (χ1v) is 6.49. The summed E-state index contributed by atoms with van der Waals surface area (Å²) in [6.07, 6.45) is 2.23. The highest BCUT2D eigenvalue weighted by molar-refractivity contribution is 6.34. The van der Waals surface area contributed by atoms with E-state index in [2.05, 4.69) is 10.6 Å². The first-order chi connectivity index (χ1) is 8.68. The van der Waals surface area contributed by atoms with Gasteiger partial charge in [0, 0.05) is 6.54 Å². The van der Waals surface area contributed by atoms with Gasteiger partial charge in [-0.2, -0.15) is 0 Å². The summed E-state index contributed by atoms with van der Waals surface area (Å²) in [6, 6.07) is 4.25. The third-order valence-electron chi connectivity index (χ3n) is 3.15. The fourth-order valence-corrected chi connectivity index (χ4v) is 2.32. The number of carbonyl (C=O) groups excluding carboxylic acids is 1. The molecule has 1 aliphatic heterocycles. The smallest absolute Gasteiger partial charge is 0.252 e. The van der Waals surface area contributed by atoms with Crippen molar-refractivity contribution in [1.82, 2.24) is 10.6 Å². The first kappa shape index (κ1) is 16.2. The first-order valence-electron chi connectivity index (χ1n) is 6.11. The molecule has 2 rings (SSSR count). The predicted octanol–water partition coefficient (Wildman–Crippen LogP) is 2.63. The molecule has 3 nitrogen and oxygen atoms in total. The Kier molecular flexibility index (Phi) is 6.55. The molecule has 0 aliphatic carbocycles. The fraction of sp³-hybridized carbons (Fsp3) is 0.462. The summed E-state index contributed by atoms with van der Waals surface area (Å²) in [4.78, 5) is 11.9. The second kappa shape index (κ2) is 7.68. The van der Waals surface area contributed by atoms with Crippen LogP contribution in [0.5, 0.6) is 0 Å². The zero-order valence-electron chi connectivity index (χ0n) is 10.4. The van der Waals surface area contributed by atoms with Crippen molar-refractivity contribution in [3.63, 3.8) is 0 Å². The van der Waals surface area contributed by atoms with E-state index in [1.807, 2.05) is 0 Å². The molecule has 0 spiro atoms. The van der Waals surface area contributed by atoms with Crippen molar-refractivity contribution in [2.45, 2.75) is 12.8 Å². The highest BCUT2D eigenvalue weighted by atomic mass is 35.5. The van der Waals surface area contributed by atoms with E-state index in [0.717, 1.165) is 25.9 Å². The van der Waals surface area contributed by atoms with Gasteiger partial charge in [-0.05, 0) is 44.0 Å². The molecule has 2 N–H and O–H groups in total. The molecule has 1 fully saturated rings.